The van der Waals surface area contributed by atoms with Crippen molar-refractivity contribution < 1.29 is 22.7 Å². The van der Waals surface area contributed by atoms with Gasteiger partial charge >= 0.3 is 0 Å². The largest absolute Gasteiger partial charge is 0.379 e. The molecule has 11 nitrogen and oxygen atoms in total. The maximum absolute atomic E-state index is 14.2. The molecule has 0 spiro atoms. The number of thiophene rings is 1. The molecule has 2 aromatic carbocycles. The van der Waals surface area contributed by atoms with Crippen LogP contribution in [0.1, 0.15) is 43.0 Å². The molecule has 226 valence electrons. The molecule has 1 aliphatic heterocycles. The van der Waals surface area contributed by atoms with E-state index in [4.69, 9.17) is 4.74 Å². The van der Waals surface area contributed by atoms with Gasteiger partial charge in [0.1, 0.15) is 18.1 Å². The number of ether oxygens (including phenoxy) is 1. The molecule has 1 N–H and O–H groups in total. The van der Waals surface area contributed by atoms with Gasteiger partial charge in [0.05, 0.1) is 23.6 Å². The molecule has 3 heterocycles. The maximum Gasteiger partial charge on any atom is 0.249 e. The number of sulfonamides is 1. The molecule has 13 heteroatoms. The second-order valence-corrected chi connectivity index (χ2v) is 13.7. The van der Waals surface area contributed by atoms with Crippen molar-refractivity contribution in [1.29, 1.82) is 0 Å². The van der Waals surface area contributed by atoms with Crippen molar-refractivity contribution in [3.05, 3.63) is 70.9 Å². The Morgan fingerprint density at radius 2 is 1.74 bits per heavy atom. The molecule has 2 aliphatic rings. The lowest BCUT2D eigenvalue weighted by Crippen LogP contribution is -2.48. The van der Waals surface area contributed by atoms with Crippen LogP contribution in [0.4, 0.5) is 5.69 Å². The number of para-hydroxylation sites is 1. The molecule has 1 atom stereocenters. The molecule has 0 radical (unpaired) electrons. The summed E-state index contributed by atoms with van der Waals surface area (Å²) in [5.41, 5.74) is 1.76. The number of benzene rings is 2. The highest BCUT2D eigenvalue weighted by Gasteiger charge is 2.36. The quantitative estimate of drug-likeness (QED) is 0.301. The number of hydrogen-bond donors (Lipinski definition) is 1. The summed E-state index contributed by atoms with van der Waals surface area (Å²) in [7, 11) is -3.74. The maximum atomic E-state index is 14.2. The zero-order chi connectivity index (χ0) is 29.8. The third kappa shape index (κ3) is 6.35. The third-order valence-electron chi connectivity index (χ3n) is 7.97. The number of fused-ring (bicyclic) bond motifs is 1. The molecule has 2 aromatic heterocycles. The van der Waals surface area contributed by atoms with Crippen molar-refractivity contribution in [3.8, 4) is 0 Å². The topological polar surface area (TPSA) is 127 Å². The predicted molar refractivity (Wildman–Crippen MR) is 163 cm³/mol. The Balaban J connectivity index is 1.37. The Labute approximate surface area is 254 Å². The standard InChI is InChI=1S/C30H34N6O5S2/c37-28(21-35-26-10-5-4-9-25(26)32-33-35)36(23-12-14-24(15-13-23)43(39,40)34-16-18-41-19-17-34)29(27-11-6-20-42-27)30(38)31-22-7-2-1-3-8-22/h4-6,9-15,20,22,29H,1-3,7-8,16-19,21H2,(H,31,38)/t29-/m0/s1. The van der Waals surface area contributed by atoms with Gasteiger partial charge in [-0.15, -0.1) is 16.4 Å². The fourth-order valence-electron chi connectivity index (χ4n) is 5.74. The number of rotatable bonds is 9. The van der Waals surface area contributed by atoms with E-state index < -0.39 is 16.1 Å². The summed E-state index contributed by atoms with van der Waals surface area (Å²) in [5.74, 6) is -0.646. The lowest BCUT2D eigenvalue weighted by molar-refractivity contribution is -0.127. The van der Waals surface area contributed by atoms with E-state index in [1.807, 2.05) is 41.8 Å². The average molecular weight is 623 g/mol. The monoisotopic (exact) mass is 622 g/mol. The van der Waals surface area contributed by atoms with Gasteiger partial charge < -0.3 is 10.1 Å². The van der Waals surface area contributed by atoms with Gasteiger partial charge in [-0.1, -0.05) is 42.7 Å². The molecule has 2 fully saturated rings. The lowest BCUT2D eigenvalue weighted by Gasteiger charge is -2.33. The lowest BCUT2D eigenvalue weighted by atomic mass is 9.95. The average Bonchev–Trinajstić information content (AvgIpc) is 3.71. The van der Waals surface area contributed by atoms with E-state index in [1.54, 1.807) is 12.1 Å². The van der Waals surface area contributed by atoms with Crippen LogP contribution in [-0.2, 0) is 30.9 Å². The number of hydrogen-bond acceptors (Lipinski definition) is 8. The summed E-state index contributed by atoms with van der Waals surface area (Å²) in [6.45, 7) is 1.09. The smallest absolute Gasteiger partial charge is 0.249 e. The molecule has 6 rings (SSSR count). The Bertz CT molecular complexity index is 1660. The minimum Gasteiger partial charge on any atom is -0.379 e. The molecule has 4 aromatic rings. The van der Waals surface area contributed by atoms with Gasteiger partial charge in [0, 0.05) is 29.7 Å². The fraction of sp³-hybridized carbons (Fsp3) is 0.400. The number of nitrogens with one attached hydrogen (secondary N) is 1. The summed E-state index contributed by atoms with van der Waals surface area (Å²) in [4.78, 5) is 30.6. The second kappa shape index (κ2) is 12.9. The zero-order valence-electron chi connectivity index (χ0n) is 23.7. The number of carbonyl (C=O) groups is 2. The third-order valence-corrected chi connectivity index (χ3v) is 10.8. The van der Waals surface area contributed by atoms with E-state index in [0.29, 0.717) is 34.8 Å². The van der Waals surface area contributed by atoms with Crippen molar-refractivity contribution in [3.63, 3.8) is 0 Å². The first-order chi connectivity index (χ1) is 20.9. The van der Waals surface area contributed by atoms with Crippen molar-refractivity contribution >= 4 is 49.9 Å². The number of carbonyl (C=O) groups excluding carboxylic acids is 2. The van der Waals surface area contributed by atoms with E-state index in [-0.39, 0.29) is 42.4 Å². The molecular formula is C30H34N6O5S2. The number of nitrogens with zero attached hydrogens (tertiary/aromatic N) is 5. The fourth-order valence-corrected chi connectivity index (χ4v) is 7.96. The highest BCUT2D eigenvalue weighted by molar-refractivity contribution is 7.89. The molecule has 0 unspecified atom stereocenters. The molecule has 1 saturated heterocycles. The van der Waals surface area contributed by atoms with Crippen LogP contribution >= 0.6 is 11.3 Å². The Morgan fingerprint density at radius 1 is 1.00 bits per heavy atom. The van der Waals surface area contributed by atoms with Crippen molar-refractivity contribution in [2.45, 2.75) is 55.6 Å². The van der Waals surface area contributed by atoms with Crippen LogP contribution in [0.25, 0.3) is 11.0 Å². The SMILES string of the molecule is O=C(NC1CCCCC1)[C@H](c1cccs1)N(C(=O)Cn1nnc2ccccc21)c1ccc(S(=O)(=O)N2CCOCC2)cc1. The van der Waals surface area contributed by atoms with E-state index in [9.17, 15) is 18.0 Å². The highest BCUT2D eigenvalue weighted by atomic mass is 32.2. The van der Waals surface area contributed by atoms with Gasteiger partial charge in [0.2, 0.25) is 21.8 Å². The molecular weight excluding hydrogens is 589 g/mol. The van der Waals surface area contributed by atoms with Crippen molar-refractivity contribution in [1.82, 2.24) is 24.6 Å². The first-order valence-corrected chi connectivity index (χ1v) is 16.9. The number of anilines is 1. The van der Waals surface area contributed by atoms with Crippen molar-refractivity contribution in [2.75, 3.05) is 31.2 Å². The van der Waals surface area contributed by atoms with Crippen LogP contribution in [0, 0.1) is 0 Å². The Kier molecular flexibility index (Phi) is 8.84. The number of amides is 2. The summed E-state index contributed by atoms with van der Waals surface area (Å²) < 4.78 is 34.8. The van der Waals surface area contributed by atoms with E-state index in [1.165, 1.54) is 37.4 Å². The molecule has 43 heavy (non-hydrogen) atoms. The minimum atomic E-state index is -3.74. The number of morpholine rings is 1. The Hall–Kier alpha value is -3.65. The van der Waals surface area contributed by atoms with E-state index in [0.717, 1.165) is 32.1 Å². The van der Waals surface area contributed by atoms with Crippen LogP contribution in [0.5, 0.6) is 0 Å². The summed E-state index contributed by atoms with van der Waals surface area (Å²) >= 11 is 1.39. The van der Waals surface area contributed by atoms with Crippen molar-refractivity contribution in [2.24, 2.45) is 0 Å². The molecule has 1 aliphatic carbocycles. The first kappa shape index (κ1) is 29.4. The van der Waals surface area contributed by atoms with Crippen LogP contribution in [0.15, 0.2) is 70.9 Å². The van der Waals surface area contributed by atoms with Gasteiger partial charge in [-0.3, -0.25) is 14.5 Å². The van der Waals surface area contributed by atoms with Gasteiger partial charge in [-0.25, -0.2) is 13.1 Å². The van der Waals surface area contributed by atoms with Crippen LogP contribution < -0.4 is 10.2 Å². The van der Waals surface area contributed by atoms with Crippen LogP contribution in [-0.4, -0.2) is 71.9 Å². The minimum absolute atomic E-state index is 0.0426. The summed E-state index contributed by atoms with van der Waals surface area (Å²) in [5, 5.41) is 13.5. The van der Waals surface area contributed by atoms with Gasteiger partial charge in [-0.2, -0.15) is 4.31 Å². The summed E-state index contributed by atoms with van der Waals surface area (Å²) in [6.07, 6.45) is 5.05. The van der Waals surface area contributed by atoms with Crippen LogP contribution in [0.2, 0.25) is 0 Å². The Morgan fingerprint density at radius 3 is 2.47 bits per heavy atom. The highest BCUT2D eigenvalue weighted by Crippen LogP contribution is 2.33. The van der Waals surface area contributed by atoms with Gasteiger partial charge in [0.25, 0.3) is 0 Å². The first-order valence-electron chi connectivity index (χ1n) is 14.5. The number of aromatic nitrogens is 3. The zero-order valence-corrected chi connectivity index (χ0v) is 25.3. The van der Waals surface area contributed by atoms with E-state index >= 15 is 0 Å². The van der Waals surface area contributed by atoms with Gasteiger partial charge in [-0.05, 0) is 60.7 Å². The molecule has 1 saturated carbocycles. The molecule has 2 amide bonds. The second-order valence-electron chi connectivity index (χ2n) is 10.8. The van der Waals surface area contributed by atoms with E-state index in [2.05, 4.69) is 15.6 Å². The van der Waals surface area contributed by atoms with Gasteiger partial charge in [0.15, 0.2) is 0 Å². The normalized spacial score (nSPS) is 17.5. The predicted octanol–water partition coefficient (Wildman–Crippen LogP) is 3.74. The molecule has 0 bridgehead atoms. The van der Waals surface area contributed by atoms with Crippen LogP contribution in [0.3, 0.4) is 0 Å². The summed E-state index contributed by atoms with van der Waals surface area (Å²) in [6, 6.07) is 16.3.